The van der Waals surface area contributed by atoms with Crippen LogP contribution in [-0.2, 0) is 16.2 Å². The SMILES string of the molecule is CS(=O)(=O)NC(=O)c1cc(Cl)cc(-n2nc(-c3cccc(C(F)(F)F)c3)c3cc(Cl)ccc32)c1F. The van der Waals surface area contributed by atoms with Gasteiger partial charge in [0.15, 0.2) is 5.82 Å². The summed E-state index contributed by atoms with van der Waals surface area (Å²) in [5.41, 5.74) is -1.51. The van der Waals surface area contributed by atoms with E-state index in [1.807, 2.05) is 0 Å². The fourth-order valence-electron chi connectivity index (χ4n) is 3.45. The summed E-state index contributed by atoms with van der Waals surface area (Å²) in [7, 11) is -4.00. The number of sulfonamides is 1. The van der Waals surface area contributed by atoms with Gasteiger partial charge in [-0.25, -0.2) is 22.2 Å². The summed E-state index contributed by atoms with van der Waals surface area (Å²) in [5.74, 6) is -2.41. The highest BCUT2D eigenvalue weighted by atomic mass is 35.5. The third-order valence-electron chi connectivity index (χ3n) is 4.87. The number of carbonyl (C=O) groups excluding carboxylic acids is 1. The number of aromatic nitrogens is 2. The monoisotopic (exact) mass is 545 g/mol. The Bertz CT molecular complexity index is 1600. The van der Waals surface area contributed by atoms with Crippen LogP contribution in [-0.4, -0.2) is 30.4 Å². The number of halogens is 6. The molecule has 0 aliphatic heterocycles. The van der Waals surface area contributed by atoms with Gasteiger partial charge in [0.05, 0.1) is 22.9 Å². The van der Waals surface area contributed by atoms with Crippen molar-refractivity contribution in [3.63, 3.8) is 0 Å². The third-order valence-corrected chi connectivity index (χ3v) is 5.88. The minimum atomic E-state index is -4.60. The molecule has 182 valence electrons. The molecule has 0 saturated heterocycles. The first-order valence-corrected chi connectivity index (χ1v) is 12.3. The highest BCUT2D eigenvalue weighted by Crippen LogP contribution is 2.36. The number of hydrogen-bond donors (Lipinski definition) is 1. The van der Waals surface area contributed by atoms with Crippen molar-refractivity contribution in [3.8, 4) is 16.9 Å². The van der Waals surface area contributed by atoms with Crippen molar-refractivity contribution in [2.45, 2.75) is 6.18 Å². The number of fused-ring (bicyclic) bond motifs is 1. The molecule has 0 radical (unpaired) electrons. The number of nitrogens with zero attached hydrogens (tertiary/aromatic N) is 2. The Morgan fingerprint density at radius 3 is 2.40 bits per heavy atom. The molecule has 6 nitrogen and oxygen atoms in total. The molecule has 4 aromatic rings. The standard InChI is InChI=1S/C22H13Cl2F4N3O3S/c1-35(33,34)30-21(32)16-9-14(24)10-18(19(16)25)31-17-6-5-13(23)8-15(17)20(29-31)11-3-2-4-12(7-11)22(26,27)28/h2-10H,1H3,(H,30,32). The molecule has 4 rings (SSSR count). The average Bonchev–Trinajstić information content (AvgIpc) is 3.11. The lowest BCUT2D eigenvalue weighted by Gasteiger charge is -2.11. The molecule has 0 atom stereocenters. The number of carbonyl (C=O) groups is 1. The molecule has 0 fully saturated rings. The van der Waals surface area contributed by atoms with E-state index in [1.54, 1.807) is 4.72 Å². The van der Waals surface area contributed by atoms with E-state index in [2.05, 4.69) is 5.10 Å². The summed E-state index contributed by atoms with van der Waals surface area (Å²) >= 11 is 12.2. The lowest BCUT2D eigenvalue weighted by Crippen LogP contribution is -2.30. The lowest BCUT2D eigenvalue weighted by atomic mass is 10.0. The largest absolute Gasteiger partial charge is 0.416 e. The van der Waals surface area contributed by atoms with Crippen LogP contribution < -0.4 is 4.72 Å². The van der Waals surface area contributed by atoms with Crippen molar-refractivity contribution in [1.82, 2.24) is 14.5 Å². The molecule has 1 amide bonds. The Labute approximate surface area is 206 Å². The lowest BCUT2D eigenvalue weighted by molar-refractivity contribution is -0.137. The van der Waals surface area contributed by atoms with Crippen LogP contribution in [0, 0.1) is 5.82 Å². The Kier molecular flexibility index (Phi) is 6.28. The van der Waals surface area contributed by atoms with Gasteiger partial charge < -0.3 is 0 Å². The van der Waals surface area contributed by atoms with Gasteiger partial charge >= 0.3 is 6.18 Å². The number of hydrogen-bond acceptors (Lipinski definition) is 4. The van der Waals surface area contributed by atoms with E-state index in [-0.39, 0.29) is 32.5 Å². The fourth-order valence-corrected chi connectivity index (χ4v) is 4.28. The van der Waals surface area contributed by atoms with Gasteiger partial charge in [-0.2, -0.15) is 18.3 Å². The Morgan fingerprint density at radius 2 is 1.74 bits per heavy atom. The van der Waals surface area contributed by atoms with Crippen molar-refractivity contribution in [2.75, 3.05) is 6.26 Å². The second-order valence-corrected chi connectivity index (χ2v) is 10.1. The summed E-state index contributed by atoms with van der Waals surface area (Å²) in [6, 6.07) is 10.9. The van der Waals surface area contributed by atoms with Gasteiger partial charge in [-0.1, -0.05) is 35.3 Å². The molecule has 13 heteroatoms. The van der Waals surface area contributed by atoms with Gasteiger partial charge in [0.25, 0.3) is 5.91 Å². The molecule has 0 bridgehead atoms. The quantitative estimate of drug-likeness (QED) is 0.326. The molecule has 3 aromatic carbocycles. The van der Waals surface area contributed by atoms with Crippen LogP contribution in [0.2, 0.25) is 10.0 Å². The van der Waals surface area contributed by atoms with Crippen LogP contribution in [0.25, 0.3) is 27.8 Å². The molecule has 0 aliphatic rings. The van der Waals surface area contributed by atoms with E-state index in [9.17, 15) is 26.4 Å². The summed E-state index contributed by atoms with van der Waals surface area (Å²) in [4.78, 5) is 12.3. The molecule has 1 aromatic heterocycles. The minimum absolute atomic E-state index is 0.0649. The fraction of sp³-hybridized carbons (Fsp3) is 0.0909. The molecule has 1 heterocycles. The van der Waals surface area contributed by atoms with Gasteiger partial charge in [0.2, 0.25) is 10.0 Å². The second-order valence-electron chi connectivity index (χ2n) is 7.49. The van der Waals surface area contributed by atoms with Crippen molar-refractivity contribution >= 4 is 50.0 Å². The third kappa shape index (κ3) is 5.12. The van der Waals surface area contributed by atoms with E-state index >= 15 is 4.39 Å². The summed E-state index contributed by atoms with van der Waals surface area (Å²) in [6.45, 7) is 0. The van der Waals surface area contributed by atoms with E-state index < -0.39 is 39.1 Å². The first-order chi connectivity index (χ1) is 16.2. The Morgan fingerprint density at radius 1 is 1.03 bits per heavy atom. The Hall–Kier alpha value is -3.15. The van der Waals surface area contributed by atoms with E-state index in [0.717, 1.165) is 35.2 Å². The van der Waals surface area contributed by atoms with Crippen LogP contribution >= 0.6 is 23.2 Å². The van der Waals surface area contributed by atoms with Crippen molar-refractivity contribution in [3.05, 3.63) is 81.6 Å². The minimum Gasteiger partial charge on any atom is -0.268 e. The molecule has 1 N–H and O–H groups in total. The van der Waals surface area contributed by atoms with Crippen molar-refractivity contribution < 1.29 is 30.8 Å². The van der Waals surface area contributed by atoms with E-state index in [4.69, 9.17) is 23.2 Å². The molecular weight excluding hydrogens is 533 g/mol. The molecule has 0 spiro atoms. The van der Waals surface area contributed by atoms with Crippen molar-refractivity contribution in [2.24, 2.45) is 0 Å². The maximum atomic E-state index is 15.5. The molecule has 0 saturated carbocycles. The van der Waals surface area contributed by atoms with Crippen LogP contribution in [0.1, 0.15) is 15.9 Å². The van der Waals surface area contributed by atoms with Gasteiger partial charge in [0, 0.05) is 21.0 Å². The van der Waals surface area contributed by atoms with Crippen LogP contribution in [0.4, 0.5) is 17.6 Å². The summed E-state index contributed by atoms with van der Waals surface area (Å²) < 4.78 is 80.9. The van der Waals surface area contributed by atoms with Crippen LogP contribution in [0.5, 0.6) is 0 Å². The Balaban J connectivity index is 1.97. The number of amides is 1. The van der Waals surface area contributed by atoms with Crippen molar-refractivity contribution in [1.29, 1.82) is 0 Å². The van der Waals surface area contributed by atoms with Gasteiger partial charge in [-0.15, -0.1) is 0 Å². The normalized spacial score (nSPS) is 12.2. The van der Waals surface area contributed by atoms with Crippen LogP contribution in [0.15, 0.2) is 54.6 Å². The zero-order valence-electron chi connectivity index (χ0n) is 17.5. The first-order valence-electron chi connectivity index (χ1n) is 9.62. The summed E-state index contributed by atoms with van der Waals surface area (Å²) in [5, 5.41) is 4.76. The predicted molar refractivity (Wildman–Crippen MR) is 124 cm³/mol. The predicted octanol–water partition coefficient (Wildman–Crippen LogP) is 5.85. The van der Waals surface area contributed by atoms with E-state index in [1.165, 1.54) is 30.3 Å². The average molecular weight is 546 g/mol. The molecule has 0 unspecified atom stereocenters. The zero-order valence-corrected chi connectivity index (χ0v) is 19.8. The van der Waals surface area contributed by atoms with Gasteiger partial charge in [0.1, 0.15) is 11.4 Å². The molecule has 0 aliphatic carbocycles. The highest BCUT2D eigenvalue weighted by molar-refractivity contribution is 7.89. The first kappa shape index (κ1) is 25.0. The zero-order chi connectivity index (χ0) is 25.7. The second kappa shape index (κ2) is 8.81. The van der Waals surface area contributed by atoms with Gasteiger partial charge in [-0.3, -0.25) is 4.79 Å². The highest BCUT2D eigenvalue weighted by Gasteiger charge is 2.31. The topological polar surface area (TPSA) is 81.1 Å². The smallest absolute Gasteiger partial charge is 0.268 e. The number of nitrogens with one attached hydrogen (secondary N) is 1. The number of alkyl halides is 3. The van der Waals surface area contributed by atoms with Gasteiger partial charge in [-0.05, 0) is 42.5 Å². The number of rotatable bonds is 4. The molecule has 35 heavy (non-hydrogen) atoms. The maximum absolute atomic E-state index is 15.5. The maximum Gasteiger partial charge on any atom is 0.416 e. The molecular formula is C22H13Cl2F4N3O3S. The number of benzene rings is 3. The van der Waals surface area contributed by atoms with Crippen LogP contribution in [0.3, 0.4) is 0 Å². The van der Waals surface area contributed by atoms with E-state index in [0.29, 0.717) is 5.39 Å². The summed E-state index contributed by atoms with van der Waals surface area (Å²) in [6.07, 6.45) is -3.88.